The minimum Gasteiger partial charge on any atom is -0.346 e. The molecular formula is C7H11ClN2. The highest BCUT2D eigenvalue weighted by molar-refractivity contribution is 6.16. The van der Waals surface area contributed by atoms with Gasteiger partial charge in [0.1, 0.15) is 5.82 Å². The normalized spacial score (nSPS) is 10.3. The van der Waals surface area contributed by atoms with Crippen molar-refractivity contribution in [1.82, 2.24) is 9.97 Å². The Labute approximate surface area is 65.6 Å². The van der Waals surface area contributed by atoms with Gasteiger partial charge in [0.2, 0.25) is 0 Å². The molecule has 3 heteroatoms. The summed E-state index contributed by atoms with van der Waals surface area (Å²) < 4.78 is 0. The van der Waals surface area contributed by atoms with E-state index in [1.54, 1.807) is 0 Å². The summed E-state index contributed by atoms with van der Waals surface area (Å²) in [5.41, 5.74) is 2.06. The van der Waals surface area contributed by atoms with Crippen molar-refractivity contribution in [2.75, 3.05) is 0 Å². The monoisotopic (exact) mass is 158 g/mol. The number of aromatic nitrogens is 2. The van der Waals surface area contributed by atoms with Crippen LogP contribution in [0.15, 0.2) is 0 Å². The number of aryl methyl sites for hydroxylation is 2. The average molecular weight is 159 g/mol. The van der Waals surface area contributed by atoms with Gasteiger partial charge in [0.15, 0.2) is 0 Å². The second-order valence-corrected chi connectivity index (χ2v) is 2.51. The van der Waals surface area contributed by atoms with Crippen LogP contribution in [0.3, 0.4) is 0 Å². The summed E-state index contributed by atoms with van der Waals surface area (Å²) in [4.78, 5) is 7.41. The van der Waals surface area contributed by atoms with Crippen LogP contribution in [0, 0.1) is 6.92 Å². The first-order valence-electron chi connectivity index (χ1n) is 3.38. The van der Waals surface area contributed by atoms with Crippen LogP contribution in [0.25, 0.3) is 0 Å². The SMILES string of the molecule is CCc1nc(CCl)c(C)[nH]1. The van der Waals surface area contributed by atoms with Gasteiger partial charge in [-0.05, 0) is 6.92 Å². The van der Waals surface area contributed by atoms with Crippen LogP contribution in [0.5, 0.6) is 0 Å². The summed E-state index contributed by atoms with van der Waals surface area (Å²) in [5.74, 6) is 1.52. The highest BCUT2D eigenvalue weighted by atomic mass is 35.5. The van der Waals surface area contributed by atoms with E-state index < -0.39 is 0 Å². The van der Waals surface area contributed by atoms with E-state index >= 15 is 0 Å². The molecule has 0 fully saturated rings. The predicted octanol–water partition coefficient (Wildman–Crippen LogP) is 2.02. The van der Waals surface area contributed by atoms with Gasteiger partial charge in [-0.1, -0.05) is 6.92 Å². The predicted molar refractivity (Wildman–Crippen MR) is 42.3 cm³/mol. The maximum Gasteiger partial charge on any atom is 0.106 e. The number of alkyl halides is 1. The molecule has 0 saturated heterocycles. The molecule has 0 atom stereocenters. The first kappa shape index (κ1) is 7.61. The van der Waals surface area contributed by atoms with Crippen LogP contribution in [-0.4, -0.2) is 9.97 Å². The fourth-order valence-corrected chi connectivity index (χ4v) is 1.12. The molecule has 0 saturated carbocycles. The number of halogens is 1. The lowest BCUT2D eigenvalue weighted by atomic mass is 10.4. The molecule has 1 heterocycles. The minimum absolute atomic E-state index is 0.502. The van der Waals surface area contributed by atoms with E-state index in [0.29, 0.717) is 5.88 Å². The Balaban J connectivity index is 2.92. The lowest BCUT2D eigenvalue weighted by Gasteiger charge is -1.84. The van der Waals surface area contributed by atoms with E-state index in [2.05, 4.69) is 16.9 Å². The molecule has 0 unspecified atom stereocenters. The van der Waals surface area contributed by atoms with Gasteiger partial charge in [-0.3, -0.25) is 0 Å². The number of aromatic amines is 1. The van der Waals surface area contributed by atoms with Crippen molar-refractivity contribution in [2.24, 2.45) is 0 Å². The molecule has 0 radical (unpaired) electrons. The second kappa shape index (κ2) is 3.06. The van der Waals surface area contributed by atoms with Crippen molar-refractivity contribution in [2.45, 2.75) is 26.1 Å². The molecule has 0 spiro atoms. The Morgan fingerprint density at radius 2 is 2.30 bits per heavy atom. The molecule has 0 aromatic carbocycles. The van der Waals surface area contributed by atoms with Crippen LogP contribution in [-0.2, 0) is 12.3 Å². The Kier molecular flexibility index (Phi) is 2.33. The first-order chi connectivity index (χ1) is 4.77. The molecular weight excluding hydrogens is 148 g/mol. The van der Waals surface area contributed by atoms with E-state index in [-0.39, 0.29) is 0 Å². The molecule has 0 bridgehead atoms. The van der Waals surface area contributed by atoms with Crippen LogP contribution >= 0.6 is 11.6 Å². The van der Waals surface area contributed by atoms with Crippen molar-refractivity contribution >= 4 is 11.6 Å². The standard InChI is InChI=1S/C7H11ClN2/c1-3-7-9-5(2)6(4-8)10-7/h3-4H2,1-2H3,(H,9,10). The molecule has 0 aliphatic heterocycles. The van der Waals surface area contributed by atoms with E-state index in [1.807, 2.05) is 6.92 Å². The van der Waals surface area contributed by atoms with Gasteiger partial charge in [-0.25, -0.2) is 4.98 Å². The molecule has 1 rings (SSSR count). The van der Waals surface area contributed by atoms with Crippen molar-refractivity contribution in [3.8, 4) is 0 Å². The third-order valence-corrected chi connectivity index (χ3v) is 1.75. The van der Waals surface area contributed by atoms with Crippen LogP contribution in [0.4, 0.5) is 0 Å². The van der Waals surface area contributed by atoms with Gasteiger partial charge in [-0.2, -0.15) is 0 Å². The highest BCUT2D eigenvalue weighted by Crippen LogP contribution is 2.07. The number of nitrogens with one attached hydrogen (secondary N) is 1. The third-order valence-electron chi connectivity index (χ3n) is 1.50. The lowest BCUT2D eigenvalue weighted by Crippen LogP contribution is -1.82. The summed E-state index contributed by atoms with van der Waals surface area (Å²) in [6.45, 7) is 4.06. The first-order valence-corrected chi connectivity index (χ1v) is 3.91. The van der Waals surface area contributed by atoms with E-state index in [1.165, 1.54) is 0 Å². The maximum atomic E-state index is 5.62. The molecule has 0 amide bonds. The van der Waals surface area contributed by atoms with Gasteiger partial charge in [0, 0.05) is 12.1 Å². The van der Waals surface area contributed by atoms with Gasteiger partial charge in [0.05, 0.1) is 11.6 Å². The Hall–Kier alpha value is -0.500. The topological polar surface area (TPSA) is 28.7 Å². The third kappa shape index (κ3) is 1.32. The van der Waals surface area contributed by atoms with Gasteiger partial charge >= 0.3 is 0 Å². The zero-order valence-corrected chi connectivity index (χ0v) is 7.00. The lowest BCUT2D eigenvalue weighted by molar-refractivity contribution is 0.976. The summed E-state index contributed by atoms with van der Waals surface area (Å²) in [5, 5.41) is 0. The number of nitrogens with zero attached hydrogens (tertiary/aromatic N) is 1. The van der Waals surface area contributed by atoms with Gasteiger partial charge in [-0.15, -0.1) is 11.6 Å². The average Bonchev–Trinajstić information content (AvgIpc) is 2.30. The van der Waals surface area contributed by atoms with Crippen molar-refractivity contribution in [1.29, 1.82) is 0 Å². The number of rotatable bonds is 2. The fraction of sp³-hybridized carbons (Fsp3) is 0.571. The van der Waals surface area contributed by atoms with E-state index in [4.69, 9.17) is 11.6 Å². The zero-order chi connectivity index (χ0) is 7.56. The number of H-pyrrole nitrogens is 1. The Morgan fingerprint density at radius 1 is 1.60 bits per heavy atom. The number of hydrogen-bond donors (Lipinski definition) is 1. The summed E-state index contributed by atoms with van der Waals surface area (Å²) in [6.07, 6.45) is 0.942. The molecule has 2 nitrogen and oxygen atoms in total. The fourth-order valence-electron chi connectivity index (χ4n) is 0.861. The van der Waals surface area contributed by atoms with Crippen LogP contribution < -0.4 is 0 Å². The smallest absolute Gasteiger partial charge is 0.106 e. The largest absolute Gasteiger partial charge is 0.346 e. The minimum atomic E-state index is 0.502. The van der Waals surface area contributed by atoms with Crippen LogP contribution in [0.2, 0.25) is 0 Å². The van der Waals surface area contributed by atoms with Crippen molar-refractivity contribution < 1.29 is 0 Å². The summed E-state index contributed by atoms with van der Waals surface area (Å²) in [7, 11) is 0. The molecule has 0 aliphatic rings. The molecule has 1 aromatic heterocycles. The Bertz CT molecular complexity index is 217. The summed E-state index contributed by atoms with van der Waals surface area (Å²) >= 11 is 5.62. The second-order valence-electron chi connectivity index (χ2n) is 2.24. The number of imidazole rings is 1. The summed E-state index contributed by atoms with van der Waals surface area (Å²) in [6, 6.07) is 0. The molecule has 56 valence electrons. The van der Waals surface area contributed by atoms with Crippen molar-refractivity contribution in [3.05, 3.63) is 17.2 Å². The van der Waals surface area contributed by atoms with Crippen molar-refractivity contribution in [3.63, 3.8) is 0 Å². The quantitative estimate of drug-likeness (QED) is 0.656. The number of hydrogen-bond acceptors (Lipinski definition) is 1. The van der Waals surface area contributed by atoms with E-state index in [0.717, 1.165) is 23.6 Å². The maximum absolute atomic E-state index is 5.62. The van der Waals surface area contributed by atoms with Crippen LogP contribution in [0.1, 0.15) is 24.1 Å². The van der Waals surface area contributed by atoms with Gasteiger partial charge < -0.3 is 4.98 Å². The molecule has 10 heavy (non-hydrogen) atoms. The Morgan fingerprint density at radius 3 is 2.60 bits per heavy atom. The highest BCUT2D eigenvalue weighted by Gasteiger charge is 2.01. The molecule has 1 aromatic rings. The zero-order valence-electron chi connectivity index (χ0n) is 6.24. The molecule has 0 aliphatic carbocycles. The van der Waals surface area contributed by atoms with Gasteiger partial charge in [0.25, 0.3) is 0 Å². The van der Waals surface area contributed by atoms with E-state index in [9.17, 15) is 0 Å². The molecule has 1 N–H and O–H groups in total.